The lowest BCUT2D eigenvalue weighted by Crippen LogP contribution is -2.07. The maximum Gasteiger partial charge on any atom is 0.416 e. The average molecular weight is 383 g/mol. The van der Waals surface area contributed by atoms with Gasteiger partial charge in [-0.1, -0.05) is 22.9 Å². The molecule has 0 radical (unpaired) electrons. The second-order valence-electron chi connectivity index (χ2n) is 4.42. The van der Waals surface area contributed by atoms with E-state index in [4.69, 9.17) is 11.6 Å². The lowest BCUT2D eigenvalue weighted by Gasteiger charge is -2.12. The molecule has 114 valence electrons. The Morgan fingerprint density at radius 1 is 1.29 bits per heavy atom. The van der Waals surface area contributed by atoms with Crippen molar-refractivity contribution in [1.29, 1.82) is 0 Å². The largest absolute Gasteiger partial charge is 0.416 e. The highest BCUT2D eigenvalue weighted by Crippen LogP contribution is 2.35. The number of hydrogen-bond acceptors (Lipinski definition) is 2. The molecule has 0 aliphatic rings. The molecule has 0 spiro atoms. The first-order chi connectivity index (χ1) is 9.88. The summed E-state index contributed by atoms with van der Waals surface area (Å²) in [5.41, 5.74) is -0.374. The van der Waals surface area contributed by atoms with E-state index in [2.05, 4.69) is 26.1 Å². The molecule has 0 N–H and O–H groups in total. The van der Waals surface area contributed by atoms with E-state index >= 15 is 0 Å². The summed E-state index contributed by atoms with van der Waals surface area (Å²) in [5.74, 6) is 1.08. The molecule has 1 aromatic carbocycles. The van der Waals surface area contributed by atoms with Gasteiger partial charge in [-0.3, -0.25) is 0 Å². The van der Waals surface area contributed by atoms with Crippen LogP contribution in [0.2, 0.25) is 0 Å². The van der Waals surface area contributed by atoms with Crippen LogP contribution in [-0.4, -0.2) is 14.8 Å². The lowest BCUT2D eigenvalue weighted by molar-refractivity contribution is -0.137. The summed E-state index contributed by atoms with van der Waals surface area (Å²) >= 11 is 9.07. The first-order valence-corrected chi connectivity index (χ1v) is 7.56. The van der Waals surface area contributed by atoms with Gasteiger partial charge in [0.25, 0.3) is 0 Å². The molecular formula is C13H12BrClF3N3. The van der Waals surface area contributed by atoms with Gasteiger partial charge in [-0.25, -0.2) is 0 Å². The van der Waals surface area contributed by atoms with Gasteiger partial charge < -0.3 is 4.57 Å². The van der Waals surface area contributed by atoms with Crippen LogP contribution in [0.5, 0.6) is 0 Å². The van der Waals surface area contributed by atoms with Gasteiger partial charge >= 0.3 is 6.18 Å². The molecule has 0 aliphatic heterocycles. The summed E-state index contributed by atoms with van der Waals surface area (Å²) in [6, 6.07) is 3.46. The minimum Gasteiger partial charge on any atom is -0.310 e. The van der Waals surface area contributed by atoms with Gasteiger partial charge in [-0.2, -0.15) is 13.2 Å². The zero-order chi connectivity index (χ0) is 15.6. The molecule has 1 heterocycles. The third-order valence-corrected chi connectivity index (χ3v) is 3.86. The minimum atomic E-state index is -4.40. The second kappa shape index (κ2) is 6.36. The van der Waals surface area contributed by atoms with Crippen LogP contribution in [0.15, 0.2) is 22.7 Å². The quantitative estimate of drug-likeness (QED) is 0.706. The van der Waals surface area contributed by atoms with E-state index in [0.29, 0.717) is 28.2 Å². The van der Waals surface area contributed by atoms with Crippen molar-refractivity contribution >= 4 is 27.5 Å². The molecule has 0 atom stereocenters. The Kier molecular flexibility index (Phi) is 4.93. The summed E-state index contributed by atoms with van der Waals surface area (Å²) in [5, 5.41) is 7.93. The van der Waals surface area contributed by atoms with Crippen LogP contribution in [-0.2, 0) is 18.6 Å². The van der Waals surface area contributed by atoms with Crippen molar-refractivity contribution in [3.8, 4) is 11.4 Å². The Hall–Kier alpha value is -1.08. The molecule has 1 aromatic heterocycles. The Bertz CT molecular complexity index is 640. The fourth-order valence-electron chi connectivity index (χ4n) is 1.96. The molecule has 0 saturated heterocycles. The zero-order valence-corrected chi connectivity index (χ0v) is 13.4. The fraction of sp³-hybridized carbons (Fsp3) is 0.385. The van der Waals surface area contributed by atoms with E-state index in [1.807, 2.05) is 6.92 Å². The number of alkyl halides is 4. The maximum atomic E-state index is 12.9. The van der Waals surface area contributed by atoms with Crippen molar-refractivity contribution in [2.75, 3.05) is 0 Å². The molecule has 0 fully saturated rings. The van der Waals surface area contributed by atoms with Crippen LogP contribution in [0.4, 0.5) is 13.2 Å². The van der Waals surface area contributed by atoms with Gasteiger partial charge in [0.2, 0.25) is 0 Å². The first-order valence-electron chi connectivity index (χ1n) is 6.23. The van der Waals surface area contributed by atoms with Gasteiger partial charge in [0, 0.05) is 16.6 Å². The highest BCUT2D eigenvalue weighted by atomic mass is 79.9. The van der Waals surface area contributed by atoms with Gasteiger partial charge in [-0.15, -0.1) is 21.8 Å². The Balaban J connectivity index is 2.58. The summed E-state index contributed by atoms with van der Waals surface area (Å²) < 4.78 is 40.8. The summed E-state index contributed by atoms with van der Waals surface area (Å²) in [6.07, 6.45) is -3.61. The fourth-order valence-corrected chi connectivity index (χ4v) is 2.59. The van der Waals surface area contributed by atoms with E-state index in [9.17, 15) is 13.2 Å². The molecule has 2 aromatic rings. The Morgan fingerprint density at radius 2 is 2.00 bits per heavy atom. The summed E-state index contributed by atoms with van der Waals surface area (Å²) in [7, 11) is 0. The normalized spacial score (nSPS) is 11.9. The Labute approximate surface area is 133 Å². The second-order valence-corrected chi connectivity index (χ2v) is 5.54. The van der Waals surface area contributed by atoms with E-state index in [0.717, 1.165) is 18.6 Å². The standard InChI is InChI=1S/C13H12BrClF3N3/c1-2-5-21-11(7-15)19-20-12(21)9-6-8(13(16,17)18)3-4-10(9)14/h3-4,6H,2,5,7H2,1H3. The summed E-state index contributed by atoms with van der Waals surface area (Å²) in [4.78, 5) is 0. The monoisotopic (exact) mass is 381 g/mol. The molecule has 8 heteroatoms. The predicted octanol–water partition coefficient (Wildman–Crippen LogP) is 4.88. The number of rotatable bonds is 4. The van der Waals surface area contributed by atoms with Crippen molar-refractivity contribution in [2.45, 2.75) is 31.9 Å². The molecule has 2 rings (SSSR count). The minimum absolute atomic E-state index is 0.156. The van der Waals surface area contributed by atoms with Crippen LogP contribution in [0.25, 0.3) is 11.4 Å². The molecule has 3 nitrogen and oxygen atoms in total. The van der Waals surface area contributed by atoms with Crippen molar-refractivity contribution < 1.29 is 13.2 Å². The zero-order valence-electron chi connectivity index (χ0n) is 11.1. The molecule has 0 saturated carbocycles. The highest BCUT2D eigenvalue weighted by molar-refractivity contribution is 9.10. The van der Waals surface area contributed by atoms with Crippen molar-refractivity contribution in [1.82, 2.24) is 14.8 Å². The molecule has 0 unspecified atom stereocenters. The van der Waals surface area contributed by atoms with Gasteiger partial charge in [0.05, 0.1) is 11.4 Å². The van der Waals surface area contributed by atoms with Crippen molar-refractivity contribution in [2.24, 2.45) is 0 Å². The van der Waals surface area contributed by atoms with E-state index in [-0.39, 0.29) is 5.88 Å². The SMILES string of the molecule is CCCn1c(CCl)nnc1-c1cc(C(F)(F)F)ccc1Br. The van der Waals surface area contributed by atoms with Crippen LogP contribution in [0.3, 0.4) is 0 Å². The van der Waals surface area contributed by atoms with Crippen LogP contribution >= 0.6 is 27.5 Å². The molecule has 0 amide bonds. The molecule has 0 aliphatic carbocycles. The average Bonchev–Trinajstić information content (AvgIpc) is 2.81. The lowest BCUT2D eigenvalue weighted by atomic mass is 10.1. The van der Waals surface area contributed by atoms with Crippen LogP contribution < -0.4 is 0 Å². The molecular weight excluding hydrogens is 371 g/mol. The smallest absolute Gasteiger partial charge is 0.310 e. The predicted molar refractivity (Wildman–Crippen MR) is 78.0 cm³/mol. The maximum absolute atomic E-state index is 12.9. The van der Waals surface area contributed by atoms with E-state index in [1.54, 1.807) is 4.57 Å². The number of aromatic nitrogens is 3. The van der Waals surface area contributed by atoms with E-state index < -0.39 is 11.7 Å². The molecule has 0 bridgehead atoms. The third kappa shape index (κ3) is 3.40. The topological polar surface area (TPSA) is 30.7 Å². The number of halogens is 5. The van der Waals surface area contributed by atoms with Crippen molar-refractivity contribution in [3.63, 3.8) is 0 Å². The summed E-state index contributed by atoms with van der Waals surface area (Å²) in [6.45, 7) is 2.55. The van der Waals surface area contributed by atoms with E-state index in [1.165, 1.54) is 6.07 Å². The Morgan fingerprint density at radius 3 is 2.57 bits per heavy atom. The third-order valence-electron chi connectivity index (χ3n) is 2.93. The van der Waals surface area contributed by atoms with Gasteiger partial charge in [0.15, 0.2) is 5.82 Å². The first kappa shape index (κ1) is 16.3. The highest BCUT2D eigenvalue weighted by Gasteiger charge is 2.31. The number of nitrogens with zero attached hydrogens (tertiary/aromatic N) is 3. The van der Waals surface area contributed by atoms with Crippen molar-refractivity contribution in [3.05, 3.63) is 34.1 Å². The van der Waals surface area contributed by atoms with Gasteiger partial charge in [-0.05, 0) is 24.6 Å². The van der Waals surface area contributed by atoms with Crippen LogP contribution in [0, 0.1) is 0 Å². The molecule has 21 heavy (non-hydrogen) atoms. The number of hydrogen-bond donors (Lipinski definition) is 0. The van der Waals surface area contributed by atoms with Gasteiger partial charge in [0.1, 0.15) is 5.82 Å². The number of benzene rings is 1. The van der Waals surface area contributed by atoms with Crippen LogP contribution in [0.1, 0.15) is 24.7 Å².